The molecular weight excluding hydrogens is 419 g/mol. The molecule has 8 heteroatoms. The largest absolute Gasteiger partial charge is 0.495 e. The molecule has 0 saturated carbocycles. The van der Waals surface area contributed by atoms with E-state index in [4.69, 9.17) is 9.39 Å². The maximum Gasteiger partial charge on any atom is 0.495 e. The molecule has 0 bridgehead atoms. The van der Waals surface area contributed by atoms with E-state index in [9.17, 15) is 14.6 Å². The summed E-state index contributed by atoms with van der Waals surface area (Å²) in [7, 11) is -1.11. The van der Waals surface area contributed by atoms with Gasteiger partial charge >= 0.3 is 7.12 Å². The zero-order chi connectivity index (χ0) is 24.5. The Bertz CT molecular complexity index is 1050. The van der Waals surface area contributed by atoms with Crippen LogP contribution < -0.4 is 15.6 Å². The number of fused-ring (bicyclic) bond motifs is 1. The van der Waals surface area contributed by atoms with Gasteiger partial charge in [-0.3, -0.25) is 15.0 Å². The fourth-order valence-corrected chi connectivity index (χ4v) is 3.84. The third-order valence-corrected chi connectivity index (χ3v) is 6.43. The minimum absolute atomic E-state index is 0.0661. The van der Waals surface area contributed by atoms with Gasteiger partial charge in [-0.25, -0.2) is 5.01 Å². The van der Waals surface area contributed by atoms with Gasteiger partial charge in [-0.05, 0) is 58.7 Å². The fraction of sp³-hybridized carbons (Fsp3) is 0.440. The van der Waals surface area contributed by atoms with Gasteiger partial charge in [-0.1, -0.05) is 37.1 Å². The molecule has 0 saturated heterocycles. The van der Waals surface area contributed by atoms with E-state index < -0.39 is 18.6 Å². The molecule has 0 spiro atoms. The van der Waals surface area contributed by atoms with E-state index in [0.29, 0.717) is 27.9 Å². The van der Waals surface area contributed by atoms with Crippen molar-refractivity contribution in [2.24, 2.45) is 5.92 Å². The van der Waals surface area contributed by atoms with Crippen molar-refractivity contribution in [3.8, 4) is 5.75 Å². The number of nitrogens with one attached hydrogen (secondary N) is 1. The number of carbonyl (C=O) groups is 2. The van der Waals surface area contributed by atoms with Crippen LogP contribution in [-0.2, 0) is 4.65 Å². The third kappa shape index (κ3) is 5.07. The highest BCUT2D eigenvalue weighted by Crippen LogP contribution is 2.27. The molecular formula is C25H33BN2O5. The van der Waals surface area contributed by atoms with Gasteiger partial charge in [-0.15, -0.1) is 0 Å². The van der Waals surface area contributed by atoms with Gasteiger partial charge in [0.1, 0.15) is 12.4 Å². The Hall–Kier alpha value is -2.84. The number of rotatable bonds is 4. The first-order valence-corrected chi connectivity index (χ1v) is 11.2. The number of hydrogen-bond acceptors (Lipinski definition) is 5. The van der Waals surface area contributed by atoms with Crippen LogP contribution in [-0.4, -0.2) is 47.7 Å². The van der Waals surface area contributed by atoms with E-state index in [-0.39, 0.29) is 25.0 Å². The summed E-state index contributed by atoms with van der Waals surface area (Å²) in [5, 5.41) is 11.6. The lowest BCUT2D eigenvalue weighted by Gasteiger charge is -2.41. The molecule has 176 valence electrons. The molecule has 0 atom stereocenters. The van der Waals surface area contributed by atoms with Gasteiger partial charge in [0, 0.05) is 22.2 Å². The van der Waals surface area contributed by atoms with Crippen molar-refractivity contribution in [1.82, 2.24) is 10.4 Å². The second kappa shape index (κ2) is 9.57. The molecule has 2 aromatic carbocycles. The monoisotopic (exact) mass is 452 g/mol. The van der Waals surface area contributed by atoms with Crippen LogP contribution in [0.15, 0.2) is 30.3 Å². The van der Waals surface area contributed by atoms with Gasteiger partial charge in [0.05, 0.1) is 12.1 Å². The minimum Gasteiger partial charge on any atom is -0.491 e. The van der Waals surface area contributed by atoms with E-state index >= 15 is 0 Å². The standard InChI is InChI=1S/C25H33BN2O5/c1-15(2)25(6,7)28(24(30)19-13-16(3)12-17(4)14-19)27-23(29)20-8-9-21-22(18(20)5)32-10-11-33-26(21)31/h8-9,12-15,31H,10-11H2,1-7H3,(H,27,29). The number of hydrazine groups is 1. The Kier molecular flexibility index (Phi) is 7.19. The van der Waals surface area contributed by atoms with Crippen molar-refractivity contribution in [2.45, 2.75) is 54.0 Å². The molecule has 1 heterocycles. The Morgan fingerprint density at radius 3 is 2.33 bits per heavy atom. The molecule has 7 nitrogen and oxygen atoms in total. The molecule has 0 aromatic heterocycles. The number of nitrogens with zero attached hydrogens (tertiary/aromatic N) is 1. The van der Waals surface area contributed by atoms with E-state index in [1.165, 1.54) is 5.01 Å². The van der Waals surface area contributed by atoms with Gasteiger partial charge < -0.3 is 14.4 Å². The minimum atomic E-state index is -1.11. The van der Waals surface area contributed by atoms with Crippen molar-refractivity contribution in [3.05, 3.63) is 58.1 Å². The highest BCUT2D eigenvalue weighted by molar-refractivity contribution is 6.61. The number of benzene rings is 2. The Balaban J connectivity index is 1.99. The average Bonchev–Trinajstić information content (AvgIpc) is 2.92. The first-order chi connectivity index (χ1) is 15.4. The zero-order valence-electron chi connectivity index (χ0n) is 20.5. The molecule has 2 aromatic rings. The second-order valence-corrected chi connectivity index (χ2v) is 9.49. The van der Waals surface area contributed by atoms with Crippen LogP contribution in [0.4, 0.5) is 0 Å². The molecule has 0 fully saturated rings. The number of carbonyl (C=O) groups excluding carboxylic acids is 2. The molecule has 0 unspecified atom stereocenters. The van der Waals surface area contributed by atoms with Gasteiger partial charge in [0.2, 0.25) is 0 Å². The molecule has 2 amide bonds. The van der Waals surface area contributed by atoms with Crippen molar-refractivity contribution in [2.75, 3.05) is 13.2 Å². The molecule has 2 N–H and O–H groups in total. The van der Waals surface area contributed by atoms with Crippen molar-refractivity contribution in [1.29, 1.82) is 0 Å². The number of amides is 2. The summed E-state index contributed by atoms with van der Waals surface area (Å²) in [5.74, 6) is -0.203. The van der Waals surface area contributed by atoms with Crippen LogP contribution in [0.25, 0.3) is 0 Å². The fourth-order valence-electron chi connectivity index (χ4n) is 3.84. The third-order valence-electron chi connectivity index (χ3n) is 6.43. The summed E-state index contributed by atoms with van der Waals surface area (Å²) < 4.78 is 11.0. The summed E-state index contributed by atoms with van der Waals surface area (Å²) >= 11 is 0. The van der Waals surface area contributed by atoms with Crippen LogP contribution in [0.3, 0.4) is 0 Å². The SMILES string of the molecule is Cc1cc(C)cc(C(=O)N(NC(=O)c2ccc3c(c2C)OCCOB3O)C(C)(C)C(C)C)c1. The number of aryl methyl sites for hydroxylation is 2. The lowest BCUT2D eigenvalue weighted by molar-refractivity contribution is 0.0189. The number of ether oxygens (including phenoxy) is 1. The summed E-state index contributed by atoms with van der Waals surface area (Å²) in [4.78, 5) is 27.0. The summed E-state index contributed by atoms with van der Waals surface area (Å²) in [5.41, 5.74) is 6.09. The van der Waals surface area contributed by atoms with Crippen molar-refractivity contribution in [3.63, 3.8) is 0 Å². The first-order valence-electron chi connectivity index (χ1n) is 11.2. The molecule has 1 aliphatic rings. The zero-order valence-corrected chi connectivity index (χ0v) is 20.5. The smallest absolute Gasteiger partial charge is 0.491 e. The lowest BCUT2D eigenvalue weighted by atomic mass is 9.77. The van der Waals surface area contributed by atoms with Crippen LogP contribution in [0.2, 0.25) is 0 Å². The van der Waals surface area contributed by atoms with Crippen LogP contribution >= 0.6 is 0 Å². The Labute approximate surface area is 196 Å². The van der Waals surface area contributed by atoms with E-state index in [1.54, 1.807) is 19.1 Å². The predicted molar refractivity (Wildman–Crippen MR) is 129 cm³/mol. The van der Waals surface area contributed by atoms with E-state index in [1.807, 2.05) is 59.7 Å². The first kappa shape index (κ1) is 24.8. The van der Waals surface area contributed by atoms with Gasteiger partial charge in [0.25, 0.3) is 11.8 Å². The molecule has 33 heavy (non-hydrogen) atoms. The van der Waals surface area contributed by atoms with Crippen molar-refractivity contribution >= 4 is 24.4 Å². The topological polar surface area (TPSA) is 88.1 Å². The maximum absolute atomic E-state index is 13.6. The van der Waals surface area contributed by atoms with Gasteiger partial charge in [-0.2, -0.15) is 0 Å². The van der Waals surface area contributed by atoms with E-state index in [0.717, 1.165) is 11.1 Å². The van der Waals surface area contributed by atoms with Crippen LogP contribution in [0.5, 0.6) is 5.75 Å². The highest BCUT2D eigenvalue weighted by Gasteiger charge is 2.37. The summed E-state index contributed by atoms with van der Waals surface area (Å²) in [6.45, 7) is 14.0. The van der Waals surface area contributed by atoms with Crippen LogP contribution in [0, 0.1) is 26.7 Å². The van der Waals surface area contributed by atoms with Crippen LogP contribution in [0.1, 0.15) is 65.1 Å². The van der Waals surface area contributed by atoms with E-state index in [2.05, 4.69) is 5.43 Å². The normalized spacial score (nSPS) is 13.8. The molecule has 1 aliphatic heterocycles. The second-order valence-electron chi connectivity index (χ2n) is 9.49. The summed E-state index contributed by atoms with van der Waals surface area (Å²) in [6.07, 6.45) is 0. The quantitative estimate of drug-likeness (QED) is 0.550. The molecule has 0 aliphatic carbocycles. The molecule has 3 rings (SSSR count). The Morgan fingerprint density at radius 2 is 1.73 bits per heavy atom. The van der Waals surface area contributed by atoms with Crippen molar-refractivity contribution < 1.29 is 24.0 Å². The number of hydrogen-bond donors (Lipinski definition) is 2. The van der Waals surface area contributed by atoms with Gasteiger partial charge in [0.15, 0.2) is 0 Å². The maximum atomic E-state index is 13.6. The average molecular weight is 452 g/mol. The predicted octanol–water partition coefficient (Wildman–Crippen LogP) is 2.93. The molecule has 0 radical (unpaired) electrons. The lowest BCUT2D eigenvalue weighted by Crippen LogP contribution is -2.59. The summed E-state index contributed by atoms with van der Waals surface area (Å²) in [6, 6.07) is 8.90. The highest BCUT2D eigenvalue weighted by atomic mass is 16.6. The Morgan fingerprint density at radius 1 is 1.09 bits per heavy atom.